The molecule has 1 fully saturated rings. The standard InChI is InChI=1S/C22H23N5S/c1-2-7-15-26(14-6-1)16-20-23-24-22-27(20)25-21(28-22)19-12-10-18(11-13-19)17-8-4-3-5-9-17/h3-5,8-13H,1-2,6-7,14-16H2. The van der Waals surface area contributed by atoms with Gasteiger partial charge in [0, 0.05) is 5.56 Å². The molecule has 0 atom stereocenters. The highest BCUT2D eigenvalue weighted by Crippen LogP contribution is 2.28. The Morgan fingerprint density at radius 1 is 0.750 bits per heavy atom. The molecule has 0 bridgehead atoms. The summed E-state index contributed by atoms with van der Waals surface area (Å²) in [7, 11) is 0. The zero-order valence-corrected chi connectivity index (χ0v) is 16.6. The van der Waals surface area contributed by atoms with E-state index in [9.17, 15) is 0 Å². The Morgan fingerprint density at radius 2 is 1.43 bits per heavy atom. The molecule has 2 aromatic heterocycles. The van der Waals surface area contributed by atoms with E-state index >= 15 is 0 Å². The van der Waals surface area contributed by atoms with Gasteiger partial charge in [-0.05, 0) is 37.1 Å². The van der Waals surface area contributed by atoms with Crippen molar-refractivity contribution >= 4 is 16.3 Å². The van der Waals surface area contributed by atoms with Crippen LogP contribution in [0.15, 0.2) is 54.6 Å². The number of hydrogen-bond donors (Lipinski definition) is 0. The van der Waals surface area contributed by atoms with Gasteiger partial charge in [0.1, 0.15) is 5.01 Å². The van der Waals surface area contributed by atoms with Crippen LogP contribution in [0.1, 0.15) is 31.5 Å². The van der Waals surface area contributed by atoms with Crippen molar-refractivity contribution in [3.8, 4) is 21.7 Å². The highest BCUT2D eigenvalue weighted by Gasteiger charge is 2.17. The lowest BCUT2D eigenvalue weighted by Gasteiger charge is -2.17. The van der Waals surface area contributed by atoms with E-state index in [1.54, 1.807) is 11.3 Å². The minimum atomic E-state index is 0.831. The Labute approximate surface area is 168 Å². The molecule has 0 amide bonds. The van der Waals surface area contributed by atoms with Crippen molar-refractivity contribution < 1.29 is 0 Å². The zero-order chi connectivity index (χ0) is 18.8. The van der Waals surface area contributed by atoms with Gasteiger partial charge in [-0.25, -0.2) is 0 Å². The minimum absolute atomic E-state index is 0.831. The maximum absolute atomic E-state index is 4.82. The number of aromatic nitrogens is 4. The first-order valence-electron chi connectivity index (χ1n) is 9.96. The van der Waals surface area contributed by atoms with E-state index in [1.807, 2.05) is 10.6 Å². The third kappa shape index (κ3) is 3.57. The first kappa shape index (κ1) is 17.5. The predicted octanol–water partition coefficient (Wildman–Crippen LogP) is 4.90. The monoisotopic (exact) mass is 389 g/mol. The fraction of sp³-hybridized carbons (Fsp3) is 0.318. The van der Waals surface area contributed by atoms with Crippen LogP contribution in [0, 0.1) is 0 Å². The molecule has 142 valence electrons. The summed E-state index contributed by atoms with van der Waals surface area (Å²) < 4.78 is 1.93. The number of rotatable bonds is 4. The summed E-state index contributed by atoms with van der Waals surface area (Å²) in [5.74, 6) is 0.945. The van der Waals surface area contributed by atoms with Gasteiger partial charge in [0.2, 0.25) is 4.96 Å². The largest absolute Gasteiger partial charge is 0.296 e. The summed E-state index contributed by atoms with van der Waals surface area (Å²) in [6.07, 6.45) is 5.23. The lowest BCUT2D eigenvalue weighted by atomic mass is 10.0. The quantitative estimate of drug-likeness (QED) is 0.498. The van der Waals surface area contributed by atoms with Gasteiger partial charge in [-0.1, -0.05) is 78.8 Å². The van der Waals surface area contributed by atoms with Crippen molar-refractivity contribution in [2.24, 2.45) is 0 Å². The average molecular weight is 390 g/mol. The van der Waals surface area contributed by atoms with Gasteiger partial charge in [-0.15, -0.1) is 10.2 Å². The Hall–Kier alpha value is -2.57. The fourth-order valence-corrected chi connectivity index (χ4v) is 4.67. The van der Waals surface area contributed by atoms with Crippen molar-refractivity contribution in [3.63, 3.8) is 0 Å². The Morgan fingerprint density at radius 3 is 2.18 bits per heavy atom. The van der Waals surface area contributed by atoms with E-state index in [4.69, 9.17) is 5.10 Å². The van der Waals surface area contributed by atoms with Crippen LogP contribution in [0.5, 0.6) is 0 Å². The molecular formula is C22H23N5S. The molecule has 1 aliphatic heterocycles. The summed E-state index contributed by atoms with van der Waals surface area (Å²) in [5.41, 5.74) is 3.57. The maximum Gasteiger partial charge on any atom is 0.235 e. The molecule has 0 saturated carbocycles. The molecule has 0 N–H and O–H groups in total. The van der Waals surface area contributed by atoms with Gasteiger partial charge in [-0.2, -0.15) is 9.61 Å². The molecule has 1 saturated heterocycles. The number of fused-ring (bicyclic) bond motifs is 1. The number of nitrogens with zero attached hydrogens (tertiary/aromatic N) is 5. The van der Waals surface area contributed by atoms with Crippen LogP contribution >= 0.6 is 11.3 Å². The highest BCUT2D eigenvalue weighted by atomic mass is 32.1. The molecule has 0 aliphatic carbocycles. The second-order valence-electron chi connectivity index (χ2n) is 7.35. The number of benzene rings is 2. The van der Waals surface area contributed by atoms with Crippen molar-refractivity contribution in [1.29, 1.82) is 0 Å². The third-order valence-electron chi connectivity index (χ3n) is 5.36. The summed E-state index contributed by atoms with van der Waals surface area (Å²) in [6, 6.07) is 19.0. The molecule has 28 heavy (non-hydrogen) atoms. The van der Waals surface area contributed by atoms with E-state index in [0.29, 0.717) is 0 Å². The van der Waals surface area contributed by atoms with Crippen LogP contribution in [0.3, 0.4) is 0 Å². The Kier molecular flexibility index (Phi) is 4.89. The Balaban J connectivity index is 1.38. The molecule has 5 rings (SSSR count). The van der Waals surface area contributed by atoms with Crippen molar-refractivity contribution in [2.75, 3.05) is 13.1 Å². The van der Waals surface area contributed by atoms with Gasteiger partial charge in [0.15, 0.2) is 5.82 Å². The summed E-state index contributed by atoms with van der Waals surface area (Å²) in [4.78, 5) is 3.35. The molecule has 1 aliphatic rings. The van der Waals surface area contributed by atoms with E-state index in [2.05, 4.69) is 63.6 Å². The van der Waals surface area contributed by atoms with E-state index < -0.39 is 0 Å². The number of hydrogen-bond acceptors (Lipinski definition) is 5. The van der Waals surface area contributed by atoms with Gasteiger partial charge in [-0.3, -0.25) is 4.90 Å². The van der Waals surface area contributed by atoms with E-state index in [-0.39, 0.29) is 0 Å². The van der Waals surface area contributed by atoms with Gasteiger partial charge >= 0.3 is 0 Å². The summed E-state index contributed by atoms with van der Waals surface area (Å²) in [5, 5.41) is 14.6. The molecule has 0 unspecified atom stereocenters. The van der Waals surface area contributed by atoms with E-state index in [0.717, 1.165) is 41.0 Å². The second-order valence-corrected chi connectivity index (χ2v) is 8.31. The topological polar surface area (TPSA) is 46.3 Å². The molecule has 5 nitrogen and oxygen atoms in total. The van der Waals surface area contributed by atoms with Crippen LogP contribution in [0.25, 0.3) is 26.7 Å². The second kappa shape index (κ2) is 7.81. The molecular weight excluding hydrogens is 366 g/mol. The first-order valence-corrected chi connectivity index (χ1v) is 10.8. The van der Waals surface area contributed by atoms with Gasteiger partial charge in [0.25, 0.3) is 0 Å². The van der Waals surface area contributed by atoms with Crippen LogP contribution in [-0.4, -0.2) is 37.8 Å². The maximum atomic E-state index is 4.82. The third-order valence-corrected chi connectivity index (χ3v) is 6.31. The van der Waals surface area contributed by atoms with Crippen molar-refractivity contribution in [2.45, 2.75) is 32.2 Å². The lowest BCUT2D eigenvalue weighted by molar-refractivity contribution is 0.268. The van der Waals surface area contributed by atoms with Crippen LogP contribution in [0.4, 0.5) is 0 Å². The van der Waals surface area contributed by atoms with E-state index in [1.165, 1.54) is 36.8 Å². The zero-order valence-electron chi connectivity index (χ0n) is 15.8. The molecule has 6 heteroatoms. The highest BCUT2D eigenvalue weighted by molar-refractivity contribution is 7.19. The predicted molar refractivity (Wildman–Crippen MR) is 113 cm³/mol. The molecule has 0 spiro atoms. The molecule has 4 aromatic rings. The fourth-order valence-electron chi connectivity index (χ4n) is 3.80. The number of likely N-dealkylation sites (tertiary alicyclic amines) is 1. The minimum Gasteiger partial charge on any atom is -0.296 e. The summed E-state index contributed by atoms with van der Waals surface area (Å²) >= 11 is 1.60. The molecule has 3 heterocycles. The normalized spacial score (nSPS) is 15.7. The average Bonchev–Trinajstić information content (AvgIpc) is 3.22. The lowest BCUT2D eigenvalue weighted by Crippen LogP contribution is -2.25. The van der Waals surface area contributed by atoms with Crippen LogP contribution < -0.4 is 0 Å². The van der Waals surface area contributed by atoms with Gasteiger partial charge < -0.3 is 0 Å². The van der Waals surface area contributed by atoms with Crippen LogP contribution in [0.2, 0.25) is 0 Å². The van der Waals surface area contributed by atoms with Crippen molar-refractivity contribution in [1.82, 2.24) is 24.7 Å². The van der Waals surface area contributed by atoms with Crippen molar-refractivity contribution in [3.05, 3.63) is 60.4 Å². The smallest absolute Gasteiger partial charge is 0.235 e. The molecule has 0 radical (unpaired) electrons. The summed E-state index contributed by atoms with van der Waals surface area (Å²) in [6.45, 7) is 3.12. The van der Waals surface area contributed by atoms with Crippen LogP contribution in [-0.2, 0) is 6.54 Å². The SMILES string of the molecule is c1ccc(-c2ccc(-c3nn4c(CN5CCCCCC5)nnc4s3)cc2)cc1. The Bertz CT molecular complexity index is 1040. The first-order chi connectivity index (χ1) is 13.9. The molecule has 2 aromatic carbocycles. The van der Waals surface area contributed by atoms with Gasteiger partial charge in [0.05, 0.1) is 6.54 Å².